The largest absolute Gasteiger partial charge is 0.336 e. The molecule has 1 heterocycles. The second-order valence-electron chi connectivity index (χ2n) is 5.42. The smallest absolute Gasteiger partial charge is 0.253 e. The maximum Gasteiger partial charge on any atom is 0.253 e. The molecule has 1 aliphatic heterocycles. The summed E-state index contributed by atoms with van der Waals surface area (Å²) in [7, 11) is 0. The van der Waals surface area contributed by atoms with E-state index in [2.05, 4.69) is 19.2 Å². The number of amides is 1. The number of carbonyl (C=O) groups is 1. The number of thioether (sulfide) groups is 1. The maximum atomic E-state index is 13.6. The average Bonchev–Trinajstić information content (AvgIpc) is 2.39. The molecule has 1 N–H and O–H groups in total. The summed E-state index contributed by atoms with van der Waals surface area (Å²) in [5, 5.41) is 3.40. The molecule has 0 bridgehead atoms. The number of hydrogen-bond donors (Lipinski definition) is 1. The van der Waals surface area contributed by atoms with Crippen molar-refractivity contribution in [1.29, 1.82) is 0 Å². The van der Waals surface area contributed by atoms with Crippen LogP contribution in [-0.4, -0.2) is 42.2 Å². The molecule has 1 fully saturated rings. The second kappa shape index (κ2) is 6.59. The number of benzene rings is 1. The van der Waals surface area contributed by atoms with E-state index in [1.807, 2.05) is 11.2 Å². The van der Waals surface area contributed by atoms with Gasteiger partial charge in [-0.05, 0) is 43.9 Å². The molecule has 5 heteroatoms. The van der Waals surface area contributed by atoms with Crippen LogP contribution in [0.15, 0.2) is 18.2 Å². The van der Waals surface area contributed by atoms with Crippen molar-refractivity contribution in [1.82, 2.24) is 10.2 Å². The Kier molecular flexibility index (Phi) is 5.05. The van der Waals surface area contributed by atoms with Crippen LogP contribution in [0.4, 0.5) is 4.39 Å². The highest BCUT2D eigenvalue weighted by molar-refractivity contribution is 7.97. The zero-order valence-electron chi connectivity index (χ0n) is 12.1. The van der Waals surface area contributed by atoms with Gasteiger partial charge >= 0.3 is 0 Å². The van der Waals surface area contributed by atoms with Gasteiger partial charge in [0.15, 0.2) is 0 Å². The van der Waals surface area contributed by atoms with Crippen LogP contribution in [0.5, 0.6) is 0 Å². The Hall–Kier alpha value is -1.07. The number of halogens is 1. The normalized spacial score (nSPS) is 22.9. The lowest BCUT2D eigenvalue weighted by molar-refractivity contribution is 0.0673. The van der Waals surface area contributed by atoms with E-state index in [0.29, 0.717) is 30.0 Å². The maximum absolute atomic E-state index is 13.6. The van der Waals surface area contributed by atoms with Crippen LogP contribution in [0.1, 0.15) is 29.8 Å². The van der Waals surface area contributed by atoms with Gasteiger partial charge in [-0.25, -0.2) is 4.39 Å². The minimum Gasteiger partial charge on any atom is -0.336 e. The Morgan fingerprint density at radius 3 is 2.65 bits per heavy atom. The van der Waals surface area contributed by atoms with Crippen LogP contribution < -0.4 is 5.32 Å². The van der Waals surface area contributed by atoms with Gasteiger partial charge in [0.25, 0.3) is 5.91 Å². The molecule has 1 aliphatic rings. The first kappa shape index (κ1) is 15.3. The molecule has 2 rings (SSSR count). The zero-order valence-corrected chi connectivity index (χ0v) is 13.0. The van der Waals surface area contributed by atoms with Gasteiger partial charge in [0.2, 0.25) is 0 Å². The van der Waals surface area contributed by atoms with Crippen LogP contribution in [-0.2, 0) is 5.75 Å². The number of carbonyl (C=O) groups excluding carboxylic acids is 1. The van der Waals surface area contributed by atoms with Crippen LogP contribution >= 0.6 is 11.8 Å². The van der Waals surface area contributed by atoms with E-state index < -0.39 is 0 Å². The van der Waals surface area contributed by atoms with Gasteiger partial charge in [0.1, 0.15) is 5.82 Å². The summed E-state index contributed by atoms with van der Waals surface area (Å²) in [5.74, 6) is 0.340. The molecule has 0 unspecified atom stereocenters. The number of rotatable bonds is 3. The van der Waals surface area contributed by atoms with Gasteiger partial charge in [0, 0.05) is 36.5 Å². The lowest BCUT2D eigenvalue weighted by atomic mass is 10.1. The van der Waals surface area contributed by atoms with Gasteiger partial charge in [-0.3, -0.25) is 4.79 Å². The van der Waals surface area contributed by atoms with Crippen molar-refractivity contribution in [3.8, 4) is 0 Å². The molecule has 0 spiro atoms. The molecule has 2 atom stereocenters. The first-order chi connectivity index (χ1) is 9.51. The SMILES string of the molecule is CSCc1cc(C(=O)N2C[C@@H](C)N[C@@H](C)C2)ccc1F. The Bertz CT molecular complexity index is 485. The molecule has 1 aromatic rings. The number of nitrogens with zero attached hydrogens (tertiary/aromatic N) is 1. The van der Waals surface area contributed by atoms with E-state index in [-0.39, 0.29) is 23.8 Å². The van der Waals surface area contributed by atoms with Crippen molar-refractivity contribution in [3.05, 3.63) is 35.1 Å². The Labute approximate surface area is 123 Å². The fourth-order valence-electron chi connectivity index (χ4n) is 2.65. The zero-order chi connectivity index (χ0) is 14.7. The predicted molar refractivity (Wildman–Crippen MR) is 81.6 cm³/mol. The van der Waals surface area contributed by atoms with E-state index in [1.54, 1.807) is 23.9 Å². The standard InChI is InChI=1S/C15H21FN2OS/c1-10-7-18(8-11(2)17-10)15(19)12-4-5-14(16)13(6-12)9-20-3/h4-6,10-11,17H,7-9H2,1-3H3/t10-,11+. The summed E-state index contributed by atoms with van der Waals surface area (Å²) in [6, 6.07) is 5.24. The summed E-state index contributed by atoms with van der Waals surface area (Å²) in [6.07, 6.45) is 1.92. The number of nitrogens with one attached hydrogen (secondary N) is 1. The highest BCUT2D eigenvalue weighted by Crippen LogP contribution is 2.18. The summed E-state index contributed by atoms with van der Waals surface area (Å²) < 4.78 is 13.6. The molecule has 3 nitrogen and oxygen atoms in total. The predicted octanol–water partition coefficient (Wildman–Crippen LogP) is 2.51. The van der Waals surface area contributed by atoms with Crippen molar-refractivity contribution in [2.45, 2.75) is 31.7 Å². The molecule has 1 saturated heterocycles. The molecule has 1 aromatic carbocycles. The minimum absolute atomic E-state index is 0.00690. The fourth-order valence-corrected chi connectivity index (χ4v) is 3.18. The molecular formula is C15H21FN2OS. The molecule has 0 aliphatic carbocycles. The molecule has 1 amide bonds. The summed E-state index contributed by atoms with van der Waals surface area (Å²) in [6.45, 7) is 5.52. The third kappa shape index (κ3) is 3.52. The summed E-state index contributed by atoms with van der Waals surface area (Å²) >= 11 is 1.55. The molecule has 110 valence electrons. The first-order valence-corrected chi connectivity index (χ1v) is 8.23. The van der Waals surface area contributed by atoms with Crippen molar-refractivity contribution in [2.75, 3.05) is 19.3 Å². The van der Waals surface area contributed by atoms with Crippen LogP contribution in [0.3, 0.4) is 0 Å². The molecular weight excluding hydrogens is 275 g/mol. The van der Waals surface area contributed by atoms with Crippen molar-refractivity contribution in [3.63, 3.8) is 0 Å². The third-order valence-electron chi connectivity index (χ3n) is 3.44. The van der Waals surface area contributed by atoms with Gasteiger partial charge in [-0.1, -0.05) is 0 Å². The number of hydrogen-bond acceptors (Lipinski definition) is 3. The van der Waals surface area contributed by atoms with E-state index in [1.165, 1.54) is 6.07 Å². The molecule has 0 saturated carbocycles. The minimum atomic E-state index is -0.238. The monoisotopic (exact) mass is 296 g/mol. The third-order valence-corrected chi connectivity index (χ3v) is 4.04. The van der Waals surface area contributed by atoms with E-state index in [9.17, 15) is 9.18 Å². The fraction of sp³-hybridized carbons (Fsp3) is 0.533. The molecule has 0 aromatic heterocycles. The first-order valence-electron chi connectivity index (χ1n) is 6.84. The van der Waals surface area contributed by atoms with Gasteiger partial charge in [0.05, 0.1) is 0 Å². The second-order valence-corrected chi connectivity index (χ2v) is 6.28. The number of piperazine rings is 1. The van der Waals surface area contributed by atoms with E-state index in [4.69, 9.17) is 0 Å². The van der Waals surface area contributed by atoms with Crippen LogP contribution in [0.25, 0.3) is 0 Å². The van der Waals surface area contributed by atoms with Crippen molar-refractivity contribution in [2.24, 2.45) is 0 Å². The van der Waals surface area contributed by atoms with Gasteiger partial charge in [-0.15, -0.1) is 0 Å². The van der Waals surface area contributed by atoms with Crippen molar-refractivity contribution >= 4 is 17.7 Å². The van der Waals surface area contributed by atoms with E-state index >= 15 is 0 Å². The lowest BCUT2D eigenvalue weighted by Crippen LogP contribution is -2.55. The average molecular weight is 296 g/mol. The summed E-state index contributed by atoms with van der Waals surface area (Å²) in [4.78, 5) is 14.4. The Morgan fingerprint density at radius 2 is 2.05 bits per heavy atom. The topological polar surface area (TPSA) is 32.3 Å². The van der Waals surface area contributed by atoms with Gasteiger partial charge in [-0.2, -0.15) is 11.8 Å². The van der Waals surface area contributed by atoms with Crippen LogP contribution in [0, 0.1) is 5.82 Å². The Balaban J connectivity index is 2.18. The summed E-state index contributed by atoms with van der Waals surface area (Å²) in [5.41, 5.74) is 1.18. The van der Waals surface area contributed by atoms with Gasteiger partial charge < -0.3 is 10.2 Å². The Morgan fingerprint density at radius 1 is 1.40 bits per heavy atom. The highest BCUT2D eigenvalue weighted by atomic mass is 32.2. The highest BCUT2D eigenvalue weighted by Gasteiger charge is 2.25. The van der Waals surface area contributed by atoms with Crippen LogP contribution in [0.2, 0.25) is 0 Å². The van der Waals surface area contributed by atoms with Crippen molar-refractivity contribution < 1.29 is 9.18 Å². The quantitative estimate of drug-likeness (QED) is 0.930. The molecule has 0 radical (unpaired) electrons. The molecule has 20 heavy (non-hydrogen) atoms. The van der Waals surface area contributed by atoms with E-state index in [0.717, 1.165) is 0 Å². The lowest BCUT2D eigenvalue weighted by Gasteiger charge is -2.36.